The van der Waals surface area contributed by atoms with Crippen molar-refractivity contribution in [3.63, 3.8) is 0 Å². The highest BCUT2D eigenvalue weighted by molar-refractivity contribution is 9.10. The van der Waals surface area contributed by atoms with Crippen LogP contribution >= 0.6 is 15.9 Å². The maximum atomic E-state index is 11.9. The first-order valence-corrected chi connectivity index (χ1v) is 13.1. The number of ether oxygens (including phenoxy) is 1. The zero-order valence-electron chi connectivity index (χ0n) is 19.1. The van der Waals surface area contributed by atoms with Crippen molar-refractivity contribution in [3.05, 3.63) is 0 Å². The van der Waals surface area contributed by atoms with Crippen LogP contribution in [-0.2, 0) is 9.53 Å². The van der Waals surface area contributed by atoms with Gasteiger partial charge in [0.05, 0.1) is 19.3 Å². The first-order valence-electron chi connectivity index (χ1n) is 12.2. The van der Waals surface area contributed by atoms with Gasteiger partial charge in [-0.1, -0.05) is 36.7 Å². The second kappa shape index (κ2) is 8.33. The summed E-state index contributed by atoms with van der Waals surface area (Å²) in [5.41, 5.74) is 0.530. The Kier molecular flexibility index (Phi) is 6.40. The van der Waals surface area contributed by atoms with Crippen LogP contribution in [0, 0.1) is 46.3 Å². The SMILES string of the molecule is COC(=O)C(Br)C[C@@H](C)C1CCC2C3C(O)C[C@@H]4C[C@H](O)CC[C@]4(C)C3CC[C@@]21C. The summed E-state index contributed by atoms with van der Waals surface area (Å²) in [6.45, 7) is 7.25. The number of fused-ring (bicyclic) bond motifs is 5. The van der Waals surface area contributed by atoms with Crippen molar-refractivity contribution < 1.29 is 19.7 Å². The molecule has 0 aromatic carbocycles. The van der Waals surface area contributed by atoms with E-state index in [1.807, 2.05) is 0 Å². The lowest BCUT2D eigenvalue weighted by Gasteiger charge is -2.62. The minimum Gasteiger partial charge on any atom is -0.468 e. The summed E-state index contributed by atoms with van der Waals surface area (Å²) in [4.78, 5) is 11.7. The van der Waals surface area contributed by atoms with Gasteiger partial charge in [-0.3, -0.25) is 4.79 Å². The molecule has 0 heterocycles. The molecule has 30 heavy (non-hydrogen) atoms. The number of esters is 1. The van der Waals surface area contributed by atoms with Crippen molar-refractivity contribution in [2.75, 3.05) is 7.11 Å². The van der Waals surface area contributed by atoms with Gasteiger partial charge < -0.3 is 14.9 Å². The molecule has 0 aromatic rings. The van der Waals surface area contributed by atoms with Gasteiger partial charge in [0.15, 0.2) is 0 Å². The molecule has 0 aliphatic heterocycles. The summed E-state index contributed by atoms with van der Waals surface area (Å²) in [5.74, 6) is 2.91. The van der Waals surface area contributed by atoms with Gasteiger partial charge in [0, 0.05) is 0 Å². The van der Waals surface area contributed by atoms with Crippen LogP contribution < -0.4 is 0 Å². The van der Waals surface area contributed by atoms with Crippen LogP contribution in [0.3, 0.4) is 0 Å². The third kappa shape index (κ3) is 3.59. The van der Waals surface area contributed by atoms with Crippen molar-refractivity contribution in [1.29, 1.82) is 0 Å². The Bertz CT molecular complexity index is 655. The van der Waals surface area contributed by atoms with Crippen LogP contribution in [0.4, 0.5) is 0 Å². The normalized spacial score (nSPS) is 50.0. The van der Waals surface area contributed by atoms with Crippen LogP contribution in [0.15, 0.2) is 0 Å². The van der Waals surface area contributed by atoms with E-state index in [4.69, 9.17) is 4.74 Å². The average Bonchev–Trinajstić information content (AvgIpc) is 3.05. The molecule has 4 saturated carbocycles. The molecule has 6 unspecified atom stereocenters. The predicted octanol–water partition coefficient (Wildman–Crippen LogP) is 4.94. The van der Waals surface area contributed by atoms with Crippen molar-refractivity contribution in [3.8, 4) is 0 Å². The van der Waals surface area contributed by atoms with Crippen LogP contribution in [0.5, 0.6) is 0 Å². The Morgan fingerprint density at radius 3 is 2.43 bits per heavy atom. The molecule has 5 heteroatoms. The van der Waals surface area contributed by atoms with Crippen LogP contribution in [-0.4, -0.2) is 40.3 Å². The highest BCUT2D eigenvalue weighted by Gasteiger charge is 2.62. The van der Waals surface area contributed by atoms with Gasteiger partial charge in [-0.2, -0.15) is 0 Å². The first-order chi connectivity index (χ1) is 14.1. The average molecular weight is 486 g/mol. The fourth-order valence-electron chi connectivity index (χ4n) is 8.89. The smallest absolute Gasteiger partial charge is 0.319 e. The molecule has 4 rings (SSSR count). The molecule has 0 bridgehead atoms. The number of rotatable bonds is 4. The van der Waals surface area contributed by atoms with Crippen molar-refractivity contribution in [2.24, 2.45) is 46.3 Å². The first kappa shape index (κ1) is 23.0. The van der Waals surface area contributed by atoms with E-state index in [1.54, 1.807) is 0 Å². The molecule has 4 nitrogen and oxygen atoms in total. The third-order valence-corrected chi connectivity index (χ3v) is 11.2. The lowest BCUT2D eigenvalue weighted by molar-refractivity contribution is -0.174. The molecule has 0 amide bonds. The van der Waals surface area contributed by atoms with Crippen molar-refractivity contribution in [2.45, 2.75) is 95.6 Å². The largest absolute Gasteiger partial charge is 0.468 e. The minimum atomic E-state index is -0.231. The van der Waals surface area contributed by atoms with E-state index in [0.717, 1.165) is 32.1 Å². The second-order valence-corrected chi connectivity index (χ2v) is 12.8. The van der Waals surface area contributed by atoms with Crippen LogP contribution in [0.1, 0.15) is 78.6 Å². The lowest BCUT2D eigenvalue weighted by Crippen LogP contribution is -2.58. The maximum Gasteiger partial charge on any atom is 0.319 e. The number of alkyl halides is 1. The van der Waals surface area contributed by atoms with Gasteiger partial charge in [0.25, 0.3) is 0 Å². The molecule has 4 aliphatic rings. The quantitative estimate of drug-likeness (QED) is 0.437. The maximum absolute atomic E-state index is 11.9. The zero-order valence-corrected chi connectivity index (χ0v) is 20.7. The van der Waals surface area contributed by atoms with Crippen molar-refractivity contribution >= 4 is 21.9 Å². The molecule has 2 N–H and O–H groups in total. The second-order valence-electron chi connectivity index (χ2n) is 11.7. The molecule has 0 aromatic heterocycles. The number of aliphatic hydroxyl groups excluding tert-OH is 2. The summed E-state index contributed by atoms with van der Waals surface area (Å²) >= 11 is 3.54. The number of halogens is 1. The number of carbonyl (C=O) groups excluding carboxylic acids is 1. The van der Waals surface area contributed by atoms with Gasteiger partial charge in [0.2, 0.25) is 0 Å². The lowest BCUT2D eigenvalue weighted by atomic mass is 9.43. The number of carbonyl (C=O) groups is 1. The molecule has 4 aliphatic carbocycles. The molecule has 0 radical (unpaired) electrons. The third-order valence-electron chi connectivity index (χ3n) is 10.5. The summed E-state index contributed by atoms with van der Waals surface area (Å²) in [6.07, 6.45) is 9.04. The number of methoxy groups -OCH3 is 1. The molecule has 4 fully saturated rings. The fourth-order valence-corrected chi connectivity index (χ4v) is 9.67. The monoisotopic (exact) mass is 484 g/mol. The predicted molar refractivity (Wildman–Crippen MR) is 121 cm³/mol. The molecular weight excluding hydrogens is 444 g/mol. The topological polar surface area (TPSA) is 66.8 Å². The van der Waals surface area contributed by atoms with E-state index >= 15 is 0 Å². The van der Waals surface area contributed by atoms with E-state index in [0.29, 0.717) is 35.5 Å². The number of aliphatic hydroxyl groups is 2. The summed E-state index contributed by atoms with van der Waals surface area (Å²) in [5, 5.41) is 21.6. The van der Waals surface area contributed by atoms with Crippen molar-refractivity contribution in [1.82, 2.24) is 0 Å². The van der Waals surface area contributed by atoms with E-state index in [9.17, 15) is 15.0 Å². The summed E-state index contributed by atoms with van der Waals surface area (Å²) in [7, 11) is 1.46. The van der Waals surface area contributed by atoms with Gasteiger partial charge in [-0.15, -0.1) is 0 Å². The fraction of sp³-hybridized carbons (Fsp3) is 0.960. The molecule has 172 valence electrons. The van der Waals surface area contributed by atoms with E-state index in [-0.39, 0.29) is 33.8 Å². The molecular formula is C25H41BrO4. The highest BCUT2D eigenvalue weighted by Crippen LogP contribution is 2.68. The Morgan fingerprint density at radius 2 is 1.73 bits per heavy atom. The number of hydrogen-bond donors (Lipinski definition) is 2. The van der Waals surface area contributed by atoms with E-state index in [1.165, 1.54) is 32.8 Å². The Morgan fingerprint density at radius 1 is 1.07 bits per heavy atom. The standard InChI is InChI=1S/C25H41BrO4/c1-14(11-20(26)23(29)30-4)17-5-6-18-22-19(8-10-25(17,18)3)24(2)9-7-16(27)12-15(24)13-21(22)28/h14-22,27-28H,5-13H2,1-4H3/t14-,15+,16-,17?,18?,19?,20?,21?,22?,24+,25-/m1/s1. The molecule has 0 spiro atoms. The Labute approximate surface area is 190 Å². The van der Waals surface area contributed by atoms with Crippen LogP contribution in [0.2, 0.25) is 0 Å². The van der Waals surface area contributed by atoms with E-state index in [2.05, 4.69) is 36.7 Å². The van der Waals surface area contributed by atoms with Crippen LogP contribution in [0.25, 0.3) is 0 Å². The number of hydrogen-bond acceptors (Lipinski definition) is 4. The van der Waals surface area contributed by atoms with E-state index < -0.39 is 0 Å². The Hall–Kier alpha value is -0.130. The minimum absolute atomic E-state index is 0.175. The Balaban J connectivity index is 1.53. The molecule has 0 saturated heterocycles. The molecule has 11 atom stereocenters. The summed E-state index contributed by atoms with van der Waals surface area (Å²) < 4.78 is 4.92. The van der Waals surface area contributed by atoms with Gasteiger partial charge in [-0.25, -0.2) is 0 Å². The van der Waals surface area contributed by atoms with Gasteiger partial charge >= 0.3 is 5.97 Å². The zero-order chi connectivity index (χ0) is 21.8. The van der Waals surface area contributed by atoms with Gasteiger partial charge in [0.1, 0.15) is 4.83 Å². The summed E-state index contributed by atoms with van der Waals surface area (Å²) in [6, 6.07) is 0. The highest BCUT2D eigenvalue weighted by atomic mass is 79.9. The van der Waals surface area contributed by atoms with Gasteiger partial charge in [-0.05, 0) is 104 Å².